The summed E-state index contributed by atoms with van der Waals surface area (Å²) < 4.78 is 38.8. The van der Waals surface area contributed by atoms with Crippen LogP contribution >= 0.6 is 0 Å². The van der Waals surface area contributed by atoms with E-state index >= 15 is 0 Å². The third kappa shape index (κ3) is 4.84. The quantitative estimate of drug-likeness (QED) is 0.378. The number of likely N-dealkylation sites (tertiary alicyclic amines) is 1. The summed E-state index contributed by atoms with van der Waals surface area (Å²) in [6, 6.07) is 13.1. The number of fused-ring (bicyclic) bond motifs is 1. The standard InChI is InChI=1S/C25H24F2N4O3/c26-18-2-5-20(6-3-18)31-24(32)9-8-23(28-31)33-15-1-12-30-13-10-17(11-14-30)25-21-7-4-19(27)16-22(21)34-29-25/h2-9,16-17H,1,10-15H2. The number of ether oxygens (including phenoxy) is 1. The summed E-state index contributed by atoms with van der Waals surface area (Å²) in [5.41, 5.74) is 1.57. The number of rotatable bonds is 7. The molecule has 0 atom stereocenters. The van der Waals surface area contributed by atoms with Crippen LogP contribution < -0.4 is 10.3 Å². The zero-order valence-corrected chi connectivity index (χ0v) is 18.5. The van der Waals surface area contributed by atoms with E-state index in [1.165, 1.54) is 47.1 Å². The van der Waals surface area contributed by atoms with E-state index in [2.05, 4.69) is 15.2 Å². The number of halogens is 2. The van der Waals surface area contributed by atoms with Crippen molar-refractivity contribution in [2.45, 2.75) is 25.2 Å². The van der Waals surface area contributed by atoms with Crippen LogP contribution in [-0.2, 0) is 0 Å². The first kappa shape index (κ1) is 22.2. The zero-order chi connectivity index (χ0) is 23.5. The molecule has 7 nitrogen and oxygen atoms in total. The Bertz CT molecular complexity index is 1330. The molecule has 1 aliphatic heterocycles. The first-order valence-corrected chi connectivity index (χ1v) is 11.3. The van der Waals surface area contributed by atoms with E-state index < -0.39 is 0 Å². The summed E-state index contributed by atoms with van der Waals surface area (Å²) in [4.78, 5) is 14.5. The maximum Gasteiger partial charge on any atom is 0.271 e. The summed E-state index contributed by atoms with van der Waals surface area (Å²) in [5.74, 6) is -0.0532. The first-order valence-electron chi connectivity index (χ1n) is 11.3. The molecule has 0 saturated carbocycles. The smallest absolute Gasteiger partial charge is 0.271 e. The average Bonchev–Trinajstić information content (AvgIpc) is 3.27. The number of benzene rings is 2. The lowest BCUT2D eigenvalue weighted by Gasteiger charge is -2.31. The van der Waals surface area contributed by atoms with Gasteiger partial charge in [0.2, 0.25) is 5.88 Å². The van der Waals surface area contributed by atoms with Crippen LogP contribution in [0.5, 0.6) is 5.88 Å². The second-order valence-electron chi connectivity index (χ2n) is 8.42. The average molecular weight is 466 g/mol. The molecule has 1 fully saturated rings. The molecule has 0 amide bonds. The highest BCUT2D eigenvalue weighted by Crippen LogP contribution is 2.32. The highest BCUT2D eigenvalue weighted by atomic mass is 19.1. The van der Waals surface area contributed by atoms with E-state index in [9.17, 15) is 13.6 Å². The number of aromatic nitrogens is 3. The molecule has 0 spiro atoms. The molecule has 0 radical (unpaired) electrons. The Morgan fingerprint density at radius 2 is 1.76 bits per heavy atom. The van der Waals surface area contributed by atoms with Crippen LogP contribution in [0.25, 0.3) is 16.7 Å². The van der Waals surface area contributed by atoms with Gasteiger partial charge in [0.1, 0.15) is 11.6 Å². The zero-order valence-electron chi connectivity index (χ0n) is 18.5. The summed E-state index contributed by atoms with van der Waals surface area (Å²) in [5, 5.41) is 9.33. The van der Waals surface area contributed by atoms with Crippen molar-refractivity contribution >= 4 is 11.0 Å². The Morgan fingerprint density at radius 3 is 2.56 bits per heavy atom. The minimum absolute atomic E-state index is 0.302. The fraction of sp³-hybridized carbons (Fsp3) is 0.320. The summed E-state index contributed by atoms with van der Waals surface area (Å²) in [7, 11) is 0. The fourth-order valence-corrected chi connectivity index (χ4v) is 4.36. The Hall–Kier alpha value is -3.59. The topological polar surface area (TPSA) is 73.4 Å². The van der Waals surface area contributed by atoms with Gasteiger partial charge in [0.05, 0.1) is 18.0 Å². The lowest BCUT2D eigenvalue weighted by Crippen LogP contribution is -2.34. The highest BCUT2D eigenvalue weighted by molar-refractivity contribution is 5.79. The van der Waals surface area contributed by atoms with Crippen molar-refractivity contribution in [1.29, 1.82) is 0 Å². The Kier molecular flexibility index (Phi) is 6.35. The van der Waals surface area contributed by atoms with Gasteiger partial charge in [0.25, 0.3) is 5.56 Å². The van der Waals surface area contributed by atoms with E-state index in [0.717, 1.165) is 50.0 Å². The molecule has 2 aromatic heterocycles. The second-order valence-corrected chi connectivity index (χ2v) is 8.42. The lowest BCUT2D eigenvalue weighted by molar-refractivity contribution is 0.189. The van der Waals surface area contributed by atoms with Gasteiger partial charge in [-0.3, -0.25) is 4.79 Å². The number of nitrogens with zero attached hydrogens (tertiary/aromatic N) is 4. The Labute approximate surface area is 194 Å². The molecule has 34 heavy (non-hydrogen) atoms. The van der Waals surface area contributed by atoms with Crippen molar-refractivity contribution in [3.63, 3.8) is 0 Å². The molecule has 1 aliphatic rings. The van der Waals surface area contributed by atoms with Crippen molar-refractivity contribution in [2.75, 3.05) is 26.2 Å². The van der Waals surface area contributed by atoms with Crippen LogP contribution in [0.3, 0.4) is 0 Å². The molecule has 0 bridgehead atoms. The fourth-order valence-electron chi connectivity index (χ4n) is 4.36. The van der Waals surface area contributed by atoms with Crippen LogP contribution in [0.2, 0.25) is 0 Å². The number of piperidine rings is 1. The van der Waals surface area contributed by atoms with Crippen molar-refractivity contribution in [2.24, 2.45) is 0 Å². The van der Waals surface area contributed by atoms with Crippen molar-refractivity contribution in [3.05, 3.63) is 82.3 Å². The van der Waals surface area contributed by atoms with E-state index in [-0.39, 0.29) is 17.2 Å². The molecule has 0 unspecified atom stereocenters. The van der Waals surface area contributed by atoms with E-state index in [4.69, 9.17) is 9.26 Å². The molecule has 5 rings (SSSR count). The monoisotopic (exact) mass is 466 g/mol. The predicted octanol–water partition coefficient (Wildman–Crippen LogP) is 4.30. The third-order valence-electron chi connectivity index (χ3n) is 6.15. The molecular weight excluding hydrogens is 442 g/mol. The van der Waals surface area contributed by atoms with Gasteiger partial charge in [-0.25, -0.2) is 8.78 Å². The maximum absolute atomic E-state index is 13.4. The molecule has 1 saturated heterocycles. The van der Waals surface area contributed by atoms with Crippen LogP contribution in [0, 0.1) is 11.6 Å². The van der Waals surface area contributed by atoms with Gasteiger partial charge in [0.15, 0.2) is 5.58 Å². The van der Waals surface area contributed by atoms with Gasteiger partial charge in [-0.05, 0) is 68.8 Å². The molecular formula is C25H24F2N4O3. The molecule has 4 aromatic rings. The summed E-state index contributed by atoms with van der Waals surface area (Å²) in [6.45, 7) is 3.23. The van der Waals surface area contributed by atoms with Crippen LogP contribution in [0.15, 0.2) is 63.9 Å². The van der Waals surface area contributed by atoms with E-state index in [1.807, 2.05) is 0 Å². The summed E-state index contributed by atoms with van der Waals surface area (Å²) >= 11 is 0. The van der Waals surface area contributed by atoms with E-state index in [1.54, 1.807) is 12.1 Å². The molecule has 2 aromatic carbocycles. The van der Waals surface area contributed by atoms with Crippen molar-refractivity contribution < 1.29 is 18.0 Å². The Morgan fingerprint density at radius 1 is 1.00 bits per heavy atom. The number of hydrogen-bond acceptors (Lipinski definition) is 6. The minimum Gasteiger partial charge on any atom is -0.477 e. The first-order chi connectivity index (χ1) is 16.6. The van der Waals surface area contributed by atoms with Crippen LogP contribution in [-0.4, -0.2) is 46.1 Å². The maximum atomic E-state index is 13.4. The molecule has 0 N–H and O–H groups in total. The van der Waals surface area contributed by atoms with E-state index in [0.29, 0.717) is 29.7 Å². The van der Waals surface area contributed by atoms with Crippen LogP contribution in [0.4, 0.5) is 8.78 Å². The van der Waals surface area contributed by atoms with Gasteiger partial charge < -0.3 is 14.2 Å². The van der Waals surface area contributed by atoms with Gasteiger partial charge in [0, 0.05) is 36.0 Å². The van der Waals surface area contributed by atoms with Crippen molar-refractivity contribution in [1.82, 2.24) is 19.8 Å². The Balaban J connectivity index is 1.10. The second kappa shape index (κ2) is 9.72. The molecule has 3 heterocycles. The summed E-state index contributed by atoms with van der Waals surface area (Å²) in [6.07, 6.45) is 2.74. The van der Waals surface area contributed by atoms with Gasteiger partial charge in [-0.2, -0.15) is 4.68 Å². The molecule has 9 heteroatoms. The molecule has 176 valence electrons. The van der Waals surface area contributed by atoms with Gasteiger partial charge in [-0.1, -0.05) is 5.16 Å². The number of hydrogen-bond donors (Lipinski definition) is 0. The normalized spacial score (nSPS) is 15.1. The van der Waals surface area contributed by atoms with Crippen LogP contribution in [0.1, 0.15) is 30.9 Å². The predicted molar refractivity (Wildman–Crippen MR) is 122 cm³/mol. The lowest BCUT2D eigenvalue weighted by atomic mass is 9.91. The molecule has 0 aliphatic carbocycles. The largest absolute Gasteiger partial charge is 0.477 e. The van der Waals surface area contributed by atoms with Gasteiger partial charge in [-0.15, -0.1) is 5.10 Å². The third-order valence-corrected chi connectivity index (χ3v) is 6.15. The SMILES string of the molecule is O=c1ccc(OCCCN2CCC(c3noc4cc(F)ccc34)CC2)nn1-c1ccc(F)cc1. The van der Waals surface area contributed by atoms with Crippen molar-refractivity contribution in [3.8, 4) is 11.6 Å². The minimum atomic E-state index is -0.377. The van der Waals surface area contributed by atoms with Gasteiger partial charge >= 0.3 is 0 Å². The highest BCUT2D eigenvalue weighted by Gasteiger charge is 2.25.